The minimum Gasteiger partial charge on any atom is -0.444 e. The Kier molecular flexibility index (Phi) is 5.92. The van der Waals surface area contributed by atoms with Crippen molar-refractivity contribution in [2.24, 2.45) is 0 Å². The van der Waals surface area contributed by atoms with Crippen molar-refractivity contribution in [1.29, 1.82) is 0 Å². The number of alkyl carbamates (subject to hydrolysis) is 1. The average molecular weight is 375 g/mol. The highest BCUT2D eigenvalue weighted by Crippen LogP contribution is 2.38. The van der Waals surface area contributed by atoms with Crippen LogP contribution in [-0.4, -0.2) is 41.5 Å². The number of amides is 1. The van der Waals surface area contributed by atoms with E-state index in [0.717, 1.165) is 5.47 Å². The number of anilines is 1. The fourth-order valence-electron chi connectivity index (χ4n) is 2.42. The molecule has 27 heavy (non-hydrogen) atoms. The number of pyridine rings is 1. The van der Waals surface area contributed by atoms with Gasteiger partial charge in [0.2, 0.25) is 0 Å². The minimum absolute atomic E-state index is 0.197. The van der Waals surface area contributed by atoms with Gasteiger partial charge in [0.25, 0.3) is 0 Å². The molecule has 3 N–H and O–H groups in total. The lowest BCUT2D eigenvalue weighted by atomic mass is 9.77. The Morgan fingerprint density at radius 3 is 2.37 bits per heavy atom. The third kappa shape index (κ3) is 5.71. The lowest BCUT2D eigenvalue weighted by Crippen LogP contribution is -2.41. The standard InChI is InChI=1S/C19H30BN3O4/c1-17(2,3)25-16(24)22-12-13(11-14-9-8-10-15(21)23-14)20-26-18(4,5)19(6,7)27-20/h8-11H,12H2,1-7H3,(H2,21,23)(H,22,24). The zero-order valence-electron chi connectivity index (χ0n) is 17.3. The second kappa shape index (κ2) is 7.52. The van der Waals surface area contributed by atoms with Crippen LogP contribution in [0.4, 0.5) is 10.6 Å². The molecule has 8 heteroatoms. The van der Waals surface area contributed by atoms with Crippen molar-refractivity contribution in [2.45, 2.75) is 65.3 Å². The molecule has 1 saturated heterocycles. The second-order valence-corrected chi connectivity index (χ2v) is 8.65. The van der Waals surface area contributed by atoms with Crippen molar-refractivity contribution >= 4 is 25.1 Å². The molecule has 0 radical (unpaired) electrons. The molecule has 1 aromatic heterocycles. The Morgan fingerprint density at radius 1 is 1.26 bits per heavy atom. The molecule has 0 atom stereocenters. The number of hydrogen-bond donors (Lipinski definition) is 2. The predicted molar refractivity (Wildman–Crippen MR) is 107 cm³/mol. The Morgan fingerprint density at radius 2 is 1.85 bits per heavy atom. The number of ether oxygens (including phenoxy) is 1. The van der Waals surface area contributed by atoms with Gasteiger partial charge in [-0.05, 0) is 72.1 Å². The fraction of sp³-hybridized carbons (Fsp3) is 0.579. The van der Waals surface area contributed by atoms with E-state index < -0.39 is 30.0 Å². The average Bonchev–Trinajstić information content (AvgIpc) is 2.70. The summed E-state index contributed by atoms with van der Waals surface area (Å²) < 4.78 is 17.5. The lowest BCUT2D eigenvalue weighted by Gasteiger charge is -2.32. The van der Waals surface area contributed by atoms with E-state index in [0.29, 0.717) is 11.5 Å². The number of aromatic nitrogens is 1. The number of nitrogens with two attached hydrogens (primary N) is 1. The number of carbonyl (C=O) groups excluding carboxylic acids is 1. The largest absolute Gasteiger partial charge is 0.492 e. The van der Waals surface area contributed by atoms with Gasteiger partial charge in [0.15, 0.2) is 0 Å². The van der Waals surface area contributed by atoms with E-state index in [1.165, 1.54) is 0 Å². The smallest absolute Gasteiger partial charge is 0.444 e. The van der Waals surface area contributed by atoms with Crippen LogP contribution in [0.5, 0.6) is 0 Å². The molecule has 148 valence electrons. The van der Waals surface area contributed by atoms with E-state index >= 15 is 0 Å². The summed E-state index contributed by atoms with van der Waals surface area (Å²) >= 11 is 0. The van der Waals surface area contributed by atoms with Gasteiger partial charge in [-0.15, -0.1) is 0 Å². The van der Waals surface area contributed by atoms with Gasteiger partial charge in [0.1, 0.15) is 11.4 Å². The molecule has 0 unspecified atom stereocenters. The Hall–Kier alpha value is -2.06. The van der Waals surface area contributed by atoms with Crippen molar-refractivity contribution in [2.75, 3.05) is 12.3 Å². The summed E-state index contributed by atoms with van der Waals surface area (Å²) in [5, 5.41) is 2.76. The molecule has 2 rings (SSSR count). The summed E-state index contributed by atoms with van der Waals surface area (Å²) in [6.45, 7) is 13.5. The summed E-state index contributed by atoms with van der Waals surface area (Å²) in [6.07, 6.45) is 1.31. The topological polar surface area (TPSA) is 95.7 Å². The maximum Gasteiger partial charge on any atom is 0.492 e. The van der Waals surface area contributed by atoms with Gasteiger partial charge in [0.05, 0.1) is 16.9 Å². The van der Waals surface area contributed by atoms with E-state index in [9.17, 15) is 4.79 Å². The Balaban J connectivity index is 2.23. The number of rotatable bonds is 4. The molecular formula is C19H30BN3O4. The van der Waals surface area contributed by atoms with E-state index in [2.05, 4.69) is 10.3 Å². The zero-order chi connectivity index (χ0) is 20.5. The molecule has 0 bridgehead atoms. The van der Waals surface area contributed by atoms with Gasteiger partial charge in [-0.3, -0.25) is 0 Å². The van der Waals surface area contributed by atoms with Crippen molar-refractivity contribution in [3.05, 3.63) is 29.4 Å². The number of nitrogen functional groups attached to an aromatic ring is 1. The van der Waals surface area contributed by atoms with Gasteiger partial charge < -0.3 is 25.1 Å². The van der Waals surface area contributed by atoms with Crippen LogP contribution in [0.3, 0.4) is 0 Å². The van der Waals surface area contributed by atoms with Crippen LogP contribution in [0.25, 0.3) is 6.08 Å². The first kappa shape index (κ1) is 21.2. The summed E-state index contributed by atoms with van der Waals surface area (Å²) in [4.78, 5) is 16.4. The molecule has 1 fully saturated rings. The highest BCUT2D eigenvalue weighted by molar-refractivity contribution is 6.56. The van der Waals surface area contributed by atoms with Crippen LogP contribution in [-0.2, 0) is 14.0 Å². The first-order valence-electron chi connectivity index (χ1n) is 9.05. The van der Waals surface area contributed by atoms with E-state index in [4.69, 9.17) is 19.8 Å². The van der Waals surface area contributed by atoms with Crippen LogP contribution in [0.1, 0.15) is 54.2 Å². The van der Waals surface area contributed by atoms with Gasteiger partial charge in [-0.2, -0.15) is 0 Å². The van der Waals surface area contributed by atoms with Crippen LogP contribution in [0.15, 0.2) is 23.7 Å². The molecule has 0 aromatic carbocycles. The SMILES string of the molecule is CC(C)(C)OC(=O)NCC(=Cc1cccc(N)n1)B1OC(C)(C)C(C)(C)O1. The maximum absolute atomic E-state index is 12.1. The van der Waals surface area contributed by atoms with Crippen molar-refractivity contribution in [1.82, 2.24) is 10.3 Å². The molecule has 0 aliphatic carbocycles. The molecule has 1 aliphatic rings. The third-order valence-electron chi connectivity index (χ3n) is 4.52. The van der Waals surface area contributed by atoms with E-state index in [-0.39, 0.29) is 6.54 Å². The van der Waals surface area contributed by atoms with Crippen molar-refractivity contribution < 1.29 is 18.8 Å². The molecular weight excluding hydrogens is 345 g/mol. The van der Waals surface area contributed by atoms with Crippen LogP contribution in [0, 0.1) is 0 Å². The van der Waals surface area contributed by atoms with Crippen LogP contribution >= 0.6 is 0 Å². The first-order valence-corrected chi connectivity index (χ1v) is 9.05. The molecule has 1 aliphatic heterocycles. The second-order valence-electron chi connectivity index (χ2n) is 8.65. The molecule has 1 aromatic rings. The quantitative estimate of drug-likeness (QED) is 0.785. The molecule has 1 amide bonds. The van der Waals surface area contributed by atoms with Gasteiger partial charge >= 0.3 is 13.2 Å². The normalized spacial score (nSPS) is 19.1. The summed E-state index contributed by atoms with van der Waals surface area (Å²) in [5.41, 5.74) is 5.59. The Bertz CT molecular complexity index is 710. The summed E-state index contributed by atoms with van der Waals surface area (Å²) in [5.74, 6) is 0.414. The monoisotopic (exact) mass is 375 g/mol. The number of nitrogens with one attached hydrogen (secondary N) is 1. The molecule has 2 heterocycles. The maximum atomic E-state index is 12.1. The highest BCUT2D eigenvalue weighted by Gasteiger charge is 2.52. The van der Waals surface area contributed by atoms with Crippen molar-refractivity contribution in [3.8, 4) is 0 Å². The fourth-order valence-corrected chi connectivity index (χ4v) is 2.42. The predicted octanol–water partition coefficient (Wildman–Crippen LogP) is 3.20. The Labute approximate surface area is 161 Å². The summed E-state index contributed by atoms with van der Waals surface area (Å²) in [6, 6.07) is 5.36. The van der Waals surface area contributed by atoms with Crippen LogP contribution in [0.2, 0.25) is 0 Å². The number of nitrogens with zero attached hydrogens (tertiary/aromatic N) is 1. The van der Waals surface area contributed by atoms with Gasteiger partial charge in [-0.1, -0.05) is 6.07 Å². The van der Waals surface area contributed by atoms with E-state index in [1.54, 1.807) is 6.07 Å². The zero-order valence-corrected chi connectivity index (χ0v) is 17.3. The molecule has 7 nitrogen and oxygen atoms in total. The highest BCUT2D eigenvalue weighted by atomic mass is 16.7. The van der Waals surface area contributed by atoms with Crippen molar-refractivity contribution in [3.63, 3.8) is 0 Å². The lowest BCUT2D eigenvalue weighted by molar-refractivity contribution is 0.00578. The van der Waals surface area contributed by atoms with E-state index in [1.807, 2.05) is 66.7 Å². The van der Waals surface area contributed by atoms with Crippen LogP contribution < -0.4 is 11.1 Å². The third-order valence-corrected chi connectivity index (χ3v) is 4.52. The molecule has 0 saturated carbocycles. The number of hydrogen-bond acceptors (Lipinski definition) is 6. The molecule has 0 spiro atoms. The van der Waals surface area contributed by atoms with Gasteiger partial charge in [-0.25, -0.2) is 9.78 Å². The summed E-state index contributed by atoms with van der Waals surface area (Å²) in [7, 11) is -0.617. The minimum atomic E-state index is -0.617. The number of carbonyl (C=O) groups is 1. The van der Waals surface area contributed by atoms with Gasteiger partial charge in [0, 0.05) is 6.54 Å². The first-order chi connectivity index (χ1) is 12.3.